The summed E-state index contributed by atoms with van der Waals surface area (Å²) in [5, 5.41) is 0. The van der Waals surface area contributed by atoms with Gasteiger partial charge >= 0.3 is 5.97 Å². The smallest absolute Gasteiger partial charge is 0.306 e. The molecule has 348 valence electrons. The highest BCUT2D eigenvalue weighted by atomic mass is 31.2. The molecule has 0 aromatic rings. The molecule has 0 radical (unpaired) electrons. The lowest BCUT2D eigenvalue weighted by atomic mass is 10.0. The largest absolute Gasteiger partial charge is 0.756 e. The van der Waals surface area contributed by atoms with Gasteiger partial charge in [-0.25, -0.2) is 0 Å². The second kappa shape index (κ2) is 43.2. The normalized spacial score (nSPS) is 13.9. The van der Waals surface area contributed by atoms with Gasteiger partial charge in [-0.2, -0.15) is 0 Å². The third kappa shape index (κ3) is 47.5. The Kier molecular flexibility index (Phi) is 42.2. The molecule has 0 aliphatic heterocycles. The van der Waals surface area contributed by atoms with Gasteiger partial charge in [0.05, 0.1) is 34.0 Å². The van der Waals surface area contributed by atoms with E-state index in [1.807, 2.05) is 27.2 Å². The predicted octanol–water partition coefficient (Wildman–Crippen LogP) is 14.7. The van der Waals surface area contributed by atoms with Crippen molar-refractivity contribution < 1.29 is 37.3 Å². The second-order valence-electron chi connectivity index (χ2n) is 17.9. The fourth-order valence-corrected chi connectivity index (χ4v) is 7.58. The lowest BCUT2D eigenvalue weighted by molar-refractivity contribution is -0.870. The van der Waals surface area contributed by atoms with Crippen molar-refractivity contribution in [2.45, 2.75) is 232 Å². The van der Waals surface area contributed by atoms with Gasteiger partial charge in [0, 0.05) is 6.42 Å². The van der Waals surface area contributed by atoms with E-state index >= 15 is 0 Å². The van der Waals surface area contributed by atoms with E-state index < -0.39 is 13.9 Å². The molecule has 0 amide bonds. The Balaban J connectivity index is 4.20. The quantitative estimate of drug-likeness (QED) is 0.0150. The van der Waals surface area contributed by atoms with Crippen molar-refractivity contribution in [3.8, 4) is 0 Å². The molecule has 0 saturated carbocycles. The number of hydrogen-bond acceptors (Lipinski definition) is 7. The van der Waals surface area contributed by atoms with Crippen LogP contribution in [0.4, 0.5) is 0 Å². The minimum absolute atomic E-state index is 0.0153. The number of nitrogens with zero attached hydrogens (tertiary/aromatic N) is 1. The Morgan fingerprint density at radius 1 is 0.525 bits per heavy atom. The number of hydrogen-bond donors (Lipinski definition) is 0. The fourth-order valence-electron chi connectivity index (χ4n) is 6.86. The van der Waals surface area contributed by atoms with Crippen molar-refractivity contribution in [2.75, 3.05) is 47.5 Å². The molecule has 0 spiro atoms. The molecule has 0 N–H and O–H groups in total. The van der Waals surface area contributed by atoms with Crippen molar-refractivity contribution in [3.63, 3.8) is 0 Å². The molecule has 0 aromatic heterocycles. The number of unbranched alkanes of at least 4 members (excludes halogenated alkanes) is 28. The van der Waals surface area contributed by atoms with E-state index in [0.29, 0.717) is 17.4 Å². The van der Waals surface area contributed by atoms with E-state index in [-0.39, 0.29) is 25.8 Å². The summed E-state index contributed by atoms with van der Waals surface area (Å²) in [4.78, 5) is 25.1. The Hall–Kier alpha value is -1.44. The van der Waals surface area contributed by atoms with Crippen molar-refractivity contribution in [1.82, 2.24) is 0 Å². The molecule has 0 rings (SSSR count). The SMILES string of the molecule is CCCCCCCC/C=C\CCCCCC/C=C\OC[C@H](COP(=O)([O-])OCC[N+](C)(C)C)OC(=O)CCCCCCCCCCCCC/C=C\CCCCCCCC. The summed E-state index contributed by atoms with van der Waals surface area (Å²) >= 11 is 0. The third-order valence-electron chi connectivity index (χ3n) is 10.7. The number of likely N-dealkylation sites (N-methyl/N-ethyl adjacent to an activating group) is 1. The van der Waals surface area contributed by atoms with Crippen LogP contribution in [-0.4, -0.2) is 64.1 Å². The summed E-state index contributed by atoms with van der Waals surface area (Å²) in [5.74, 6) is -0.358. The Labute approximate surface area is 365 Å². The first-order chi connectivity index (χ1) is 28.6. The van der Waals surface area contributed by atoms with Crippen LogP contribution in [0.25, 0.3) is 0 Å². The summed E-state index contributed by atoms with van der Waals surface area (Å²) in [6.45, 7) is 4.74. The highest BCUT2D eigenvalue weighted by Gasteiger charge is 2.20. The third-order valence-corrected chi connectivity index (χ3v) is 11.7. The van der Waals surface area contributed by atoms with Crippen molar-refractivity contribution >= 4 is 13.8 Å². The average molecular weight is 854 g/mol. The number of rotatable bonds is 46. The van der Waals surface area contributed by atoms with Crippen molar-refractivity contribution in [1.29, 1.82) is 0 Å². The van der Waals surface area contributed by atoms with Crippen LogP contribution in [0.1, 0.15) is 226 Å². The van der Waals surface area contributed by atoms with Crippen LogP contribution >= 0.6 is 7.82 Å². The number of carbonyl (C=O) groups excluding carboxylic acids is 1. The first kappa shape index (κ1) is 57.6. The molecule has 0 heterocycles. The van der Waals surface area contributed by atoms with Gasteiger partial charge in [0.2, 0.25) is 0 Å². The molecule has 0 aliphatic rings. The van der Waals surface area contributed by atoms with Crippen LogP contribution in [-0.2, 0) is 27.9 Å². The number of quaternary nitrogens is 1. The number of ether oxygens (including phenoxy) is 2. The van der Waals surface area contributed by atoms with Gasteiger partial charge in [0.15, 0.2) is 6.10 Å². The molecule has 0 fully saturated rings. The maximum atomic E-state index is 12.7. The number of carbonyl (C=O) groups is 1. The van der Waals surface area contributed by atoms with E-state index in [1.165, 1.54) is 167 Å². The standard InChI is InChI=1S/C50H96NO7P/c1-6-8-10-12-14-16-18-20-22-24-25-26-27-28-29-31-33-35-37-39-41-43-50(52)58-49(48-57-59(53,54)56-46-44-51(3,4)5)47-55-45-42-40-38-36-34-32-30-23-21-19-17-15-13-11-9-7-2/h20-23,42,45,49H,6-19,24-41,43-44,46-48H2,1-5H3/b22-20-,23-21-,45-42-/t49-/m1/s1. The minimum atomic E-state index is -4.55. The fraction of sp³-hybridized carbons (Fsp3) is 0.860. The Bertz CT molecular complexity index is 1040. The molecule has 59 heavy (non-hydrogen) atoms. The Morgan fingerprint density at radius 2 is 0.898 bits per heavy atom. The molecule has 0 aromatic carbocycles. The number of esters is 1. The van der Waals surface area contributed by atoms with Gasteiger partial charge in [0.25, 0.3) is 7.82 Å². The topological polar surface area (TPSA) is 94.1 Å². The number of phosphoric ester groups is 1. The Morgan fingerprint density at radius 3 is 1.31 bits per heavy atom. The van der Waals surface area contributed by atoms with Crippen LogP contribution in [0.2, 0.25) is 0 Å². The van der Waals surface area contributed by atoms with E-state index in [9.17, 15) is 14.3 Å². The highest BCUT2D eigenvalue weighted by Crippen LogP contribution is 2.38. The van der Waals surface area contributed by atoms with E-state index in [1.54, 1.807) is 6.26 Å². The van der Waals surface area contributed by atoms with Crippen LogP contribution in [0, 0.1) is 0 Å². The van der Waals surface area contributed by atoms with Crippen molar-refractivity contribution in [3.05, 3.63) is 36.6 Å². The zero-order chi connectivity index (χ0) is 43.4. The zero-order valence-electron chi connectivity index (χ0n) is 39.5. The first-order valence-electron chi connectivity index (χ1n) is 24.8. The maximum Gasteiger partial charge on any atom is 0.306 e. The molecule has 0 aliphatic carbocycles. The summed E-state index contributed by atoms with van der Waals surface area (Å²) < 4.78 is 34.4. The number of phosphoric acid groups is 1. The molecule has 1 unspecified atom stereocenters. The zero-order valence-corrected chi connectivity index (χ0v) is 40.4. The monoisotopic (exact) mass is 854 g/mol. The molecule has 8 nitrogen and oxygen atoms in total. The van der Waals surface area contributed by atoms with Crippen LogP contribution in [0.15, 0.2) is 36.6 Å². The lowest BCUT2D eigenvalue weighted by Crippen LogP contribution is -2.37. The summed E-state index contributed by atoms with van der Waals surface area (Å²) in [6, 6.07) is 0. The highest BCUT2D eigenvalue weighted by molar-refractivity contribution is 7.45. The maximum absolute atomic E-state index is 12.7. The van der Waals surface area contributed by atoms with Gasteiger partial charge < -0.3 is 27.9 Å². The van der Waals surface area contributed by atoms with Crippen LogP contribution in [0.3, 0.4) is 0 Å². The van der Waals surface area contributed by atoms with Gasteiger partial charge in [-0.15, -0.1) is 0 Å². The molecule has 0 saturated heterocycles. The van der Waals surface area contributed by atoms with E-state index in [0.717, 1.165) is 38.5 Å². The first-order valence-corrected chi connectivity index (χ1v) is 26.2. The van der Waals surface area contributed by atoms with Crippen molar-refractivity contribution in [2.24, 2.45) is 0 Å². The summed E-state index contributed by atoms with van der Waals surface area (Å²) in [5.41, 5.74) is 0. The predicted molar refractivity (Wildman–Crippen MR) is 249 cm³/mol. The number of allylic oxidation sites excluding steroid dienone is 5. The van der Waals surface area contributed by atoms with Gasteiger partial charge in [0.1, 0.15) is 19.8 Å². The molecular formula is C50H96NO7P. The average Bonchev–Trinajstić information content (AvgIpc) is 3.19. The van der Waals surface area contributed by atoms with Gasteiger partial charge in [-0.1, -0.05) is 173 Å². The van der Waals surface area contributed by atoms with Gasteiger partial charge in [-0.3, -0.25) is 9.36 Å². The van der Waals surface area contributed by atoms with Gasteiger partial charge in [-0.05, 0) is 76.7 Å². The second-order valence-corrected chi connectivity index (χ2v) is 19.3. The summed E-state index contributed by atoms with van der Waals surface area (Å²) in [6.07, 6.45) is 52.6. The lowest BCUT2D eigenvalue weighted by Gasteiger charge is -2.28. The van der Waals surface area contributed by atoms with E-state index in [2.05, 4.69) is 38.2 Å². The molecule has 2 atom stereocenters. The molecule has 9 heteroatoms. The summed E-state index contributed by atoms with van der Waals surface area (Å²) in [7, 11) is 1.32. The van der Waals surface area contributed by atoms with E-state index in [4.69, 9.17) is 18.5 Å². The van der Waals surface area contributed by atoms with Crippen LogP contribution in [0.5, 0.6) is 0 Å². The molecular weight excluding hydrogens is 758 g/mol. The van der Waals surface area contributed by atoms with Crippen LogP contribution < -0.4 is 4.89 Å². The minimum Gasteiger partial charge on any atom is -0.756 e. The molecule has 0 bridgehead atoms.